The molecule has 0 aromatic carbocycles. The van der Waals surface area contributed by atoms with Crippen LogP contribution in [-0.2, 0) is 14.3 Å². The van der Waals surface area contributed by atoms with E-state index in [0.717, 1.165) is 37.7 Å². The molecule has 1 fully saturated rings. The van der Waals surface area contributed by atoms with E-state index < -0.39 is 17.7 Å². The fraction of sp³-hybridized carbons (Fsp3) is 0.714. The third kappa shape index (κ3) is 5.32. The highest BCUT2D eigenvalue weighted by Gasteiger charge is 2.23. The highest BCUT2D eigenvalue weighted by molar-refractivity contribution is 5.93. The van der Waals surface area contributed by atoms with Gasteiger partial charge in [0, 0.05) is 0 Å². The van der Waals surface area contributed by atoms with Crippen molar-refractivity contribution in [1.29, 1.82) is 0 Å². The Labute approximate surface area is 114 Å². The Morgan fingerprint density at radius 3 is 2.16 bits per heavy atom. The summed E-state index contributed by atoms with van der Waals surface area (Å²) in [5, 5.41) is 2.54. The van der Waals surface area contributed by atoms with E-state index in [4.69, 9.17) is 9.47 Å². The van der Waals surface area contributed by atoms with Gasteiger partial charge in [0.2, 0.25) is 0 Å². The molecular formula is C14H23NO4. The Balaban J connectivity index is 2.81. The molecule has 108 valence electrons. The highest BCUT2D eigenvalue weighted by Crippen LogP contribution is 2.25. The van der Waals surface area contributed by atoms with Gasteiger partial charge in [0.05, 0.1) is 7.11 Å². The van der Waals surface area contributed by atoms with Gasteiger partial charge >= 0.3 is 12.1 Å². The highest BCUT2D eigenvalue weighted by atomic mass is 16.6. The lowest BCUT2D eigenvalue weighted by Crippen LogP contribution is -2.35. The maximum absolute atomic E-state index is 11.8. The lowest BCUT2D eigenvalue weighted by atomic mass is 9.93. The van der Waals surface area contributed by atoms with Crippen molar-refractivity contribution in [2.75, 3.05) is 7.11 Å². The molecule has 0 heterocycles. The summed E-state index contributed by atoms with van der Waals surface area (Å²) in [6.45, 7) is 5.33. The van der Waals surface area contributed by atoms with Crippen molar-refractivity contribution in [3.63, 3.8) is 0 Å². The van der Waals surface area contributed by atoms with Crippen LogP contribution in [0.2, 0.25) is 0 Å². The molecule has 19 heavy (non-hydrogen) atoms. The van der Waals surface area contributed by atoms with Crippen molar-refractivity contribution in [3.05, 3.63) is 11.3 Å². The number of rotatable bonds is 2. The van der Waals surface area contributed by atoms with Crippen LogP contribution in [0.1, 0.15) is 52.9 Å². The van der Waals surface area contributed by atoms with Crippen LogP contribution in [0.15, 0.2) is 11.3 Å². The Hall–Kier alpha value is -1.52. The van der Waals surface area contributed by atoms with Gasteiger partial charge in [0.15, 0.2) is 0 Å². The average Bonchev–Trinajstić information content (AvgIpc) is 2.34. The molecule has 1 N–H and O–H groups in total. The lowest BCUT2D eigenvalue weighted by Gasteiger charge is -2.22. The second-order valence-corrected chi connectivity index (χ2v) is 5.66. The van der Waals surface area contributed by atoms with E-state index in [-0.39, 0.29) is 5.70 Å². The maximum atomic E-state index is 11.8. The van der Waals surface area contributed by atoms with Crippen LogP contribution in [0.25, 0.3) is 0 Å². The van der Waals surface area contributed by atoms with Gasteiger partial charge in [-0.05, 0) is 52.0 Å². The van der Waals surface area contributed by atoms with Gasteiger partial charge in [0.25, 0.3) is 0 Å². The van der Waals surface area contributed by atoms with Gasteiger partial charge in [-0.2, -0.15) is 0 Å². The number of amides is 1. The summed E-state index contributed by atoms with van der Waals surface area (Å²) >= 11 is 0. The molecule has 1 rings (SSSR count). The number of hydrogen-bond donors (Lipinski definition) is 1. The summed E-state index contributed by atoms with van der Waals surface area (Å²) in [7, 11) is 1.31. The fourth-order valence-electron chi connectivity index (χ4n) is 2.02. The maximum Gasteiger partial charge on any atom is 0.412 e. The molecule has 0 unspecified atom stereocenters. The number of methoxy groups -OCH3 is 1. The standard InChI is InChI=1S/C14H23NO4/c1-14(2,3)19-13(17)15-11(12(16)18-4)10-8-6-5-7-9-10/h5-9H2,1-4H3,(H,15,17). The molecule has 0 atom stereocenters. The first-order valence-electron chi connectivity index (χ1n) is 6.64. The SMILES string of the molecule is COC(=O)C(NC(=O)OC(C)(C)C)=C1CCCCC1. The number of nitrogens with one attached hydrogen (secondary N) is 1. The Bertz CT molecular complexity index is 371. The second kappa shape index (κ2) is 6.59. The molecule has 5 nitrogen and oxygen atoms in total. The number of carbonyl (C=O) groups excluding carboxylic acids is 2. The summed E-state index contributed by atoms with van der Waals surface area (Å²) in [6, 6.07) is 0. The summed E-state index contributed by atoms with van der Waals surface area (Å²) in [5.74, 6) is -0.511. The first-order chi connectivity index (χ1) is 8.83. The number of ether oxygens (including phenoxy) is 2. The molecule has 1 amide bonds. The minimum atomic E-state index is -0.619. The molecule has 0 spiro atoms. The van der Waals surface area contributed by atoms with Crippen LogP contribution in [0.4, 0.5) is 4.79 Å². The second-order valence-electron chi connectivity index (χ2n) is 5.66. The normalized spacial score (nSPS) is 15.7. The Morgan fingerprint density at radius 2 is 1.68 bits per heavy atom. The van der Waals surface area contributed by atoms with Gasteiger partial charge in [-0.15, -0.1) is 0 Å². The topological polar surface area (TPSA) is 64.6 Å². The minimum absolute atomic E-state index is 0.247. The number of hydrogen-bond acceptors (Lipinski definition) is 4. The average molecular weight is 269 g/mol. The number of allylic oxidation sites excluding steroid dienone is 1. The Morgan fingerprint density at radius 1 is 1.11 bits per heavy atom. The minimum Gasteiger partial charge on any atom is -0.464 e. The van der Waals surface area contributed by atoms with E-state index in [9.17, 15) is 9.59 Å². The quantitative estimate of drug-likeness (QED) is 0.618. The van der Waals surface area contributed by atoms with Crippen LogP contribution < -0.4 is 5.32 Å². The van der Waals surface area contributed by atoms with Gasteiger partial charge in [-0.25, -0.2) is 9.59 Å². The molecule has 1 aliphatic carbocycles. The third-order valence-electron chi connectivity index (χ3n) is 2.83. The molecule has 0 bridgehead atoms. The van der Waals surface area contributed by atoms with E-state index in [1.54, 1.807) is 20.8 Å². The van der Waals surface area contributed by atoms with Crippen molar-refractivity contribution in [2.45, 2.75) is 58.5 Å². The van der Waals surface area contributed by atoms with Crippen molar-refractivity contribution in [3.8, 4) is 0 Å². The van der Waals surface area contributed by atoms with Crippen molar-refractivity contribution in [1.82, 2.24) is 5.32 Å². The fourth-order valence-corrected chi connectivity index (χ4v) is 2.02. The van der Waals surface area contributed by atoms with E-state index in [1.165, 1.54) is 7.11 Å². The smallest absolute Gasteiger partial charge is 0.412 e. The molecular weight excluding hydrogens is 246 g/mol. The number of carbonyl (C=O) groups is 2. The molecule has 5 heteroatoms. The van der Waals surface area contributed by atoms with Gasteiger partial charge in [-0.3, -0.25) is 5.32 Å². The van der Waals surface area contributed by atoms with Crippen LogP contribution in [-0.4, -0.2) is 24.8 Å². The number of esters is 1. The zero-order chi connectivity index (χ0) is 14.5. The molecule has 0 saturated heterocycles. The van der Waals surface area contributed by atoms with Crippen molar-refractivity contribution >= 4 is 12.1 Å². The zero-order valence-corrected chi connectivity index (χ0v) is 12.2. The predicted octanol–water partition coefficient (Wildman–Crippen LogP) is 2.90. The van der Waals surface area contributed by atoms with Crippen molar-refractivity contribution in [2.24, 2.45) is 0 Å². The van der Waals surface area contributed by atoms with Crippen LogP contribution in [0.3, 0.4) is 0 Å². The van der Waals surface area contributed by atoms with E-state index in [2.05, 4.69) is 5.32 Å². The number of alkyl carbamates (subject to hydrolysis) is 1. The van der Waals surface area contributed by atoms with Crippen molar-refractivity contribution < 1.29 is 19.1 Å². The van der Waals surface area contributed by atoms with Crippen LogP contribution >= 0.6 is 0 Å². The zero-order valence-electron chi connectivity index (χ0n) is 12.2. The van der Waals surface area contributed by atoms with E-state index in [0.29, 0.717) is 0 Å². The summed E-state index contributed by atoms with van der Waals surface area (Å²) in [5.41, 5.74) is 0.600. The molecule has 0 aliphatic heterocycles. The molecule has 0 radical (unpaired) electrons. The van der Waals surface area contributed by atoms with E-state index in [1.807, 2.05) is 0 Å². The molecule has 0 aromatic rings. The largest absolute Gasteiger partial charge is 0.464 e. The van der Waals surface area contributed by atoms with Gasteiger partial charge in [-0.1, -0.05) is 6.42 Å². The third-order valence-corrected chi connectivity index (χ3v) is 2.83. The molecule has 1 aliphatic rings. The van der Waals surface area contributed by atoms with Crippen LogP contribution in [0.5, 0.6) is 0 Å². The summed E-state index contributed by atoms with van der Waals surface area (Å²) < 4.78 is 9.89. The van der Waals surface area contributed by atoms with E-state index >= 15 is 0 Å². The monoisotopic (exact) mass is 269 g/mol. The van der Waals surface area contributed by atoms with Gasteiger partial charge < -0.3 is 9.47 Å². The summed E-state index contributed by atoms with van der Waals surface area (Å²) in [4.78, 5) is 23.5. The van der Waals surface area contributed by atoms with Crippen LogP contribution in [0, 0.1) is 0 Å². The first-order valence-corrected chi connectivity index (χ1v) is 6.64. The first kappa shape index (κ1) is 15.5. The summed E-state index contributed by atoms with van der Waals surface area (Å²) in [6.07, 6.45) is 4.24. The Kier molecular flexibility index (Phi) is 5.39. The predicted molar refractivity (Wildman–Crippen MR) is 71.5 cm³/mol. The van der Waals surface area contributed by atoms with Gasteiger partial charge in [0.1, 0.15) is 11.3 Å². The molecule has 0 aromatic heterocycles. The molecule has 1 saturated carbocycles. The lowest BCUT2D eigenvalue weighted by molar-refractivity contribution is -0.136.